The van der Waals surface area contributed by atoms with Crippen LogP contribution in [0, 0.1) is 0 Å². The molecule has 3 aromatic heterocycles. The third-order valence-corrected chi connectivity index (χ3v) is 10.5. The minimum Gasteiger partial charge on any atom is -0.456 e. The predicted octanol–water partition coefficient (Wildman–Crippen LogP) is 13.1. The molecule has 0 fully saturated rings. The molecule has 0 aliphatic carbocycles. The molecule has 3 heteroatoms. The third kappa shape index (κ3) is 4.19. The average Bonchev–Trinajstić information content (AvgIpc) is 3.57. The van der Waals surface area contributed by atoms with Gasteiger partial charge in [-0.05, 0) is 84.9 Å². The van der Waals surface area contributed by atoms with Gasteiger partial charge >= 0.3 is 0 Å². The van der Waals surface area contributed by atoms with Gasteiger partial charge < -0.3 is 4.42 Å². The zero-order chi connectivity index (χ0) is 33.5. The summed E-state index contributed by atoms with van der Waals surface area (Å²) in [7, 11) is 0. The maximum atomic E-state index is 6.21. The predicted molar refractivity (Wildman–Crippen MR) is 213 cm³/mol. The second kappa shape index (κ2) is 10.8. The van der Waals surface area contributed by atoms with Crippen molar-refractivity contribution in [3.63, 3.8) is 0 Å². The molecule has 0 aliphatic heterocycles. The maximum Gasteiger partial charge on any atom is 0.135 e. The normalized spacial score (nSPS) is 11.9. The van der Waals surface area contributed by atoms with E-state index in [1.165, 1.54) is 54.6 Å². The van der Waals surface area contributed by atoms with Gasteiger partial charge in [-0.1, -0.05) is 133 Å². The lowest BCUT2D eigenvalue weighted by Crippen LogP contribution is -1.93. The van der Waals surface area contributed by atoms with Crippen molar-refractivity contribution in [2.75, 3.05) is 0 Å². The van der Waals surface area contributed by atoms with Crippen LogP contribution in [0.2, 0.25) is 0 Å². The summed E-state index contributed by atoms with van der Waals surface area (Å²) in [5.74, 6) is 0. The van der Waals surface area contributed by atoms with Crippen molar-refractivity contribution in [1.29, 1.82) is 0 Å². The topological polar surface area (TPSA) is 38.9 Å². The number of hydrogen-bond donors (Lipinski definition) is 0. The van der Waals surface area contributed by atoms with E-state index in [2.05, 4.69) is 146 Å². The first-order valence-corrected chi connectivity index (χ1v) is 17.3. The van der Waals surface area contributed by atoms with Crippen molar-refractivity contribution in [3.05, 3.63) is 170 Å². The van der Waals surface area contributed by atoms with E-state index in [4.69, 9.17) is 14.4 Å². The highest BCUT2D eigenvalue weighted by Gasteiger charge is 2.20. The Labute approximate surface area is 293 Å². The SMILES string of the molecule is c1cnc2c(c1)ccc1ccc(-c3ccc(-c4c5ccccc5c(-c5ccc6oc7ccccc7c6c5)c5ccccc45)c4ccccc34)nc12. The van der Waals surface area contributed by atoms with Crippen LogP contribution in [0.3, 0.4) is 0 Å². The number of benzene rings is 8. The molecule has 3 nitrogen and oxygen atoms in total. The van der Waals surface area contributed by atoms with Crippen LogP contribution in [0.4, 0.5) is 0 Å². The van der Waals surface area contributed by atoms with E-state index in [0.717, 1.165) is 55.0 Å². The van der Waals surface area contributed by atoms with E-state index in [0.29, 0.717) is 0 Å². The van der Waals surface area contributed by atoms with Gasteiger partial charge in [0.05, 0.1) is 16.7 Å². The first kappa shape index (κ1) is 28.0. The molecule has 8 aromatic carbocycles. The van der Waals surface area contributed by atoms with Crippen LogP contribution >= 0.6 is 0 Å². The fourth-order valence-corrected chi connectivity index (χ4v) is 8.23. The van der Waals surface area contributed by atoms with Crippen LogP contribution < -0.4 is 0 Å². The molecule has 0 saturated carbocycles. The molecule has 3 heterocycles. The Kier molecular flexibility index (Phi) is 5.96. The Bertz CT molecular complexity index is 3150. The number of aromatic nitrogens is 2. The zero-order valence-corrected chi connectivity index (χ0v) is 27.5. The number of hydrogen-bond acceptors (Lipinski definition) is 3. The molecule has 0 N–H and O–H groups in total. The maximum absolute atomic E-state index is 6.21. The smallest absolute Gasteiger partial charge is 0.135 e. The van der Waals surface area contributed by atoms with Crippen LogP contribution in [0.25, 0.3) is 110 Å². The van der Waals surface area contributed by atoms with Crippen LogP contribution in [-0.4, -0.2) is 9.97 Å². The number of pyridine rings is 2. The van der Waals surface area contributed by atoms with Gasteiger partial charge in [-0.25, -0.2) is 4.98 Å². The van der Waals surface area contributed by atoms with Gasteiger partial charge in [-0.3, -0.25) is 4.98 Å². The Morgan fingerprint density at radius 1 is 0.373 bits per heavy atom. The van der Waals surface area contributed by atoms with Crippen molar-refractivity contribution < 1.29 is 4.42 Å². The lowest BCUT2D eigenvalue weighted by Gasteiger charge is -2.19. The van der Waals surface area contributed by atoms with Gasteiger partial charge in [0.2, 0.25) is 0 Å². The summed E-state index contributed by atoms with van der Waals surface area (Å²) in [6.45, 7) is 0. The fraction of sp³-hybridized carbons (Fsp3) is 0. The Morgan fingerprint density at radius 2 is 0.941 bits per heavy atom. The van der Waals surface area contributed by atoms with Crippen molar-refractivity contribution in [2.45, 2.75) is 0 Å². The number of para-hydroxylation sites is 1. The number of furan rings is 1. The van der Waals surface area contributed by atoms with E-state index < -0.39 is 0 Å². The average molecular weight is 649 g/mol. The van der Waals surface area contributed by atoms with Crippen molar-refractivity contribution in [2.24, 2.45) is 0 Å². The first-order chi connectivity index (χ1) is 25.3. The Hall–Kier alpha value is -6.84. The molecule has 0 spiro atoms. The van der Waals surface area contributed by atoms with Crippen LogP contribution in [0.5, 0.6) is 0 Å². The summed E-state index contributed by atoms with van der Waals surface area (Å²) in [5, 5.41) is 11.7. The third-order valence-electron chi connectivity index (χ3n) is 10.5. The Morgan fingerprint density at radius 3 is 1.69 bits per heavy atom. The van der Waals surface area contributed by atoms with Gasteiger partial charge in [0.15, 0.2) is 0 Å². The number of nitrogens with zero attached hydrogens (tertiary/aromatic N) is 2. The van der Waals surface area contributed by atoms with E-state index in [-0.39, 0.29) is 0 Å². The largest absolute Gasteiger partial charge is 0.456 e. The molecular formula is C48H28N2O. The van der Waals surface area contributed by atoms with Crippen LogP contribution in [0.15, 0.2) is 174 Å². The van der Waals surface area contributed by atoms with Crippen LogP contribution in [0.1, 0.15) is 0 Å². The van der Waals surface area contributed by atoms with E-state index in [1.54, 1.807) is 0 Å². The molecule has 0 unspecified atom stereocenters. The van der Waals surface area contributed by atoms with Gasteiger partial charge in [0, 0.05) is 33.3 Å². The molecule has 0 aliphatic rings. The standard InChI is InChI=1S/C48H28N2O/c1-2-12-33-32(11-1)34(42-25-21-30-20-19-29-10-9-27-49-47(29)48(30)50-42)23-24-40(33)46-38-16-5-3-14-36(38)45(37-15-4-6-17-39(37)46)31-22-26-44-41(28-31)35-13-7-8-18-43(35)51-44/h1-28H. The molecule has 11 rings (SSSR count). The lowest BCUT2D eigenvalue weighted by atomic mass is 9.84. The number of rotatable bonds is 3. The summed E-state index contributed by atoms with van der Waals surface area (Å²) < 4.78 is 6.21. The Balaban J connectivity index is 1.17. The minimum atomic E-state index is 0.905. The summed E-state index contributed by atoms with van der Waals surface area (Å²) in [5.41, 5.74) is 10.6. The van der Waals surface area contributed by atoms with Crippen molar-refractivity contribution >= 4 is 76.1 Å². The molecular weight excluding hydrogens is 621 g/mol. The summed E-state index contributed by atoms with van der Waals surface area (Å²) >= 11 is 0. The highest BCUT2D eigenvalue weighted by Crippen LogP contribution is 2.47. The molecule has 236 valence electrons. The summed E-state index contributed by atoms with van der Waals surface area (Å²) in [4.78, 5) is 9.94. The summed E-state index contributed by atoms with van der Waals surface area (Å²) in [6, 6.07) is 58.5. The second-order valence-corrected chi connectivity index (χ2v) is 13.3. The van der Waals surface area contributed by atoms with E-state index in [9.17, 15) is 0 Å². The van der Waals surface area contributed by atoms with E-state index in [1.807, 2.05) is 24.4 Å². The highest BCUT2D eigenvalue weighted by atomic mass is 16.3. The number of fused-ring (bicyclic) bond motifs is 9. The summed E-state index contributed by atoms with van der Waals surface area (Å²) in [6.07, 6.45) is 1.85. The highest BCUT2D eigenvalue weighted by molar-refractivity contribution is 6.24. The van der Waals surface area contributed by atoms with Crippen LogP contribution in [-0.2, 0) is 0 Å². The monoisotopic (exact) mass is 648 g/mol. The lowest BCUT2D eigenvalue weighted by molar-refractivity contribution is 0.669. The van der Waals surface area contributed by atoms with Crippen molar-refractivity contribution in [3.8, 4) is 33.5 Å². The fourth-order valence-electron chi connectivity index (χ4n) is 8.23. The molecule has 0 saturated heterocycles. The molecule has 0 radical (unpaired) electrons. The zero-order valence-electron chi connectivity index (χ0n) is 27.5. The molecule has 11 aromatic rings. The molecule has 0 amide bonds. The van der Waals surface area contributed by atoms with Gasteiger partial charge in [0.25, 0.3) is 0 Å². The first-order valence-electron chi connectivity index (χ1n) is 17.3. The second-order valence-electron chi connectivity index (χ2n) is 13.3. The molecule has 0 bridgehead atoms. The van der Waals surface area contributed by atoms with Crippen molar-refractivity contribution in [1.82, 2.24) is 9.97 Å². The van der Waals surface area contributed by atoms with Gasteiger partial charge in [0.1, 0.15) is 11.2 Å². The molecule has 0 atom stereocenters. The quantitative estimate of drug-likeness (QED) is 0.141. The van der Waals surface area contributed by atoms with E-state index >= 15 is 0 Å². The van der Waals surface area contributed by atoms with Gasteiger partial charge in [-0.15, -0.1) is 0 Å². The van der Waals surface area contributed by atoms with Gasteiger partial charge in [-0.2, -0.15) is 0 Å². The minimum absolute atomic E-state index is 0.905. The molecule has 51 heavy (non-hydrogen) atoms.